The van der Waals surface area contributed by atoms with E-state index in [1.807, 2.05) is 12.1 Å². The lowest BCUT2D eigenvalue weighted by atomic mass is 10.1. The number of rotatable bonds is 6. The Bertz CT molecular complexity index is 1090. The van der Waals surface area contributed by atoms with Crippen molar-refractivity contribution < 1.29 is 14.4 Å². The fraction of sp³-hybridized carbons (Fsp3) is 0.182. The Hall–Kier alpha value is -3.52. The van der Waals surface area contributed by atoms with Gasteiger partial charge < -0.3 is 16.0 Å². The van der Waals surface area contributed by atoms with Crippen LogP contribution < -0.4 is 16.0 Å². The maximum Gasteiger partial charge on any atom is 0.267 e. The second-order valence-corrected chi connectivity index (χ2v) is 8.10. The third-order valence-corrected chi connectivity index (χ3v) is 5.54. The Balaban J connectivity index is 1.39. The summed E-state index contributed by atoms with van der Waals surface area (Å²) in [6.07, 6.45) is 3.63. The highest BCUT2D eigenvalue weighted by Gasteiger charge is 2.23. The van der Waals surface area contributed by atoms with Gasteiger partial charge in [0.05, 0.1) is 6.20 Å². The van der Waals surface area contributed by atoms with Crippen LogP contribution in [-0.2, 0) is 4.79 Å². The maximum absolute atomic E-state index is 12.5. The van der Waals surface area contributed by atoms with Crippen LogP contribution in [0.15, 0.2) is 54.7 Å². The maximum atomic E-state index is 12.5. The minimum atomic E-state index is -0.258. The van der Waals surface area contributed by atoms with Crippen LogP contribution in [0.25, 0.3) is 10.6 Å². The predicted molar refractivity (Wildman–Crippen MR) is 117 cm³/mol. The van der Waals surface area contributed by atoms with Gasteiger partial charge in [-0.2, -0.15) is 0 Å². The molecule has 2 aromatic carbocycles. The van der Waals surface area contributed by atoms with Gasteiger partial charge in [-0.05, 0) is 49.2 Å². The van der Waals surface area contributed by atoms with Crippen LogP contribution in [-0.4, -0.2) is 28.7 Å². The number of amides is 3. The first-order chi connectivity index (χ1) is 14.5. The summed E-state index contributed by atoms with van der Waals surface area (Å²) in [4.78, 5) is 40.5. The van der Waals surface area contributed by atoms with Gasteiger partial charge in [-0.3, -0.25) is 14.4 Å². The number of nitrogens with one attached hydrogen (secondary N) is 3. The third-order valence-electron chi connectivity index (χ3n) is 4.50. The van der Waals surface area contributed by atoms with E-state index in [0.717, 1.165) is 18.4 Å². The molecule has 0 aliphatic heterocycles. The minimum absolute atomic E-state index is 0.0622. The van der Waals surface area contributed by atoms with Crippen LogP contribution in [0.2, 0.25) is 0 Å². The number of nitrogens with zero attached hydrogens (tertiary/aromatic N) is 1. The van der Waals surface area contributed by atoms with Gasteiger partial charge in [0.1, 0.15) is 9.88 Å². The van der Waals surface area contributed by atoms with Crippen molar-refractivity contribution in [1.29, 1.82) is 0 Å². The summed E-state index contributed by atoms with van der Waals surface area (Å²) >= 11 is 1.28. The van der Waals surface area contributed by atoms with Gasteiger partial charge in [-0.1, -0.05) is 12.1 Å². The van der Waals surface area contributed by atoms with E-state index in [9.17, 15) is 14.4 Å². The SMILES string of the molecule is CC(=O)Nc1ccc(NC(=O)c2cnc(-c3ccc(C(=O)NC4CC4)cc3)s2)cc1. The first kappa shape index (κ1) is 19.8. The molecule has 1 saturated carbocycles. The van der Waals surface area contributed by atoms with Gasteiger partial charge in [-0.15, -0.1) is 11.3 Å². The lowest BCUT2D eigenvalue weighted by molar-refractivity contribution is -0.114. The van der Waals surface area contributed by atoms with E-state index in [2.05, 4.69) is 20.9 Å². The van der Waals surface area contributed by atoms with E-state index in [1.54, 1.807) is 36.4 Å². The molecular formula is C22H20N4O3S. The van der Waals surface area contributed by atoms with Crippen molar-refractivity contribution in [2.75, 3.05) is 10.6 Å². The molecule has 0 atom stereocenters. The van der Waals surface area contributed by atoms with Crippen LogP contribution >= 0.6 is 11.3 Å². The van der Waals surface area contributed by atoms with Crippen LogP contribution in [0.5, 0.6) is 0 Å². The van der Waals surface area contributed by atoms with E-state index in [-0.39, 0.29) is 17.7 Å². The molecule has 3 aromatic rings. The van der Waals surface area contributed by atoms with Gasteiger partial charge in [0.2, 0.25) is 5.91 Å². The minimum Gasteiger partial charge on any atom is -0.349 e. The highest BCUT2D eigenvalue weighted by molar-refractivity contribution is 7.17. The molecule has 1 fully saturated rings. The molecule has 3 N–H and O–H groups in total. The van der Waals surface area contributed by atoms with Gasteiger partial charge in [0, 0.05) is 35.5 Å². The Labute approximate surface area is 177 Å². The Morgan fingerprint density at radius 2 is 1.53 bits per heavy atom. The number of thiazole rings is 1. The third kappa shape index (κ3) is 4.90. The van der Waals surface area contributed by atoms with Crippen molar-refractivity contribution in [3.8, 4) is 10.6 Å². The van der Waals surface area contributed by atoms with Crippen molar-refractivity contribution in [3.63, 3.8) is 0 Å². The van der Waals surface area contributed by atoms with Crippen molar-refractivity contribution in [2.24, 2.45) is 0 Å². The van der Waals surface area contributed by atoms with Gasteiger partial charge in [0.15, 0.2) is 0 Å². The molecule has 152 valence electrons. The quantitative estimate of drug-likeness (QED) is 0.563. The summed E-state index contributed by atoms with van der Waals surface area (Å²) in [6.45, 7) is 1.44. The topological polar surface area (TPSA) is 100 Å². The molecule has 1 heterocycles. The van der Waals surface area contributed by atoms with E-state index in [4.69, 9.17) is 0 Å². The molecule has 0 spiro atoms. The summed E-state index contributed by atoms with van der Waals surface area (Å²) in [5.41, 5.74) is 2.74. The van der Waals surface area contributed by atoms with Crippen molar-refractivity contribution >= 4 is 40.4 Å². The van der Waals surface area contributed by atoms with E-state index >= 15 is 0 Å². The standard InChI is InChI=1S/C22H20N4O3S/c1-13(27)24-16-6-8-18(9-7-16)26-21(29)19-12-23-22(30-19)15-4-2-14(3-5-15)20(28)25-17-10-11-17/h2-9,12,17H,10-11H2,1H3,(H,24,27)(H,25,28)(H,26,29). The zero-order valence-corrected chi connectivity index (χ0v) is 17.1. The second kappa shape index (κ2) is 8.46. The summed E-state index contributed by atoms with van der Waals surface area (Å²) in [6, 6.07) is 14.4. The number of benzene rings is 2. The summed E-state index contributed by atoms with van der Waals surface area (Å²) in [5, 5.41) is 9.16. The van der Waals surface area contributed by atoms with E-state index < -0.39 is 0 Å². The molecule has 1 aliphatic carbocycles. The highest BCUT2D eigenvalue weighted by Crippen LogP contribution is 2.27. The monoisotopic (exact) mass is 420 g/mol. The lowest BCUT2D eigenvalue weighted by Crippen LogP contribution is -2.25. The summed E-state index contributed by atoms with van der Waals surface area (Å²) < 4.78 is 0. The largest absolute Gasteiger partial charge is 0.349 e. The average molecular weight is 420 g/mol. The number of carbonyl (C=O) groups excluding carboxylic acids is 3. The summed E-state index contributed by atoms with van der Waals surface area (Å²) in [7, 11) is 0. The number of carbonyl (C=O) groups is 3. The molecule has 4 rings (SSSR count). The molecule has 1 aromatic heterocycles. The van der Waals surface area contributed by atoms with Crippen molar-refractivity contribution in [1.82, 2.24) is 10.3 Å². The molecule has 30 heavy (non-hydrogen) atoms. The molecule has 0 saturated heterocycles. The van der Waals surface area contributed by atoms with E-state index in [1.165, 1.54) is 24.5 Å². The molecule has 0 bridgehead atoms. The first-order valence-electron chi connectivity index (χ1n) is 9.54. The van der Waals surface area contributed by atoms with Crippen LogP contribution in [0.3, 0.4) is 0 Å². The predicted octanol–water partition coefficient (Wildman–Crippen LogP) is 3.91. The average Bonchev–Trinajstić information content (AvgIpc) is 3.40. The number of aromatic nitrogens is 1. The van der Waals surface area contributed by atoms with Gasteiger partial charge in [0.25, 0.3) is 11.8 Å². The van der Waals surface area contributed by atoms with Crippen LogP contribution in [0.4, 0.5) is 11.4 Å². The number of anilines is 2. The molecule has 8 heteroatoms. The number of hydrogen-bond donors (Lipinski definition) is 3. The fourth-order valence-electron chi connectivity index (χ4n) is 2.81. The molecule has 1 aliphatic rings. The first-order valence-corrected chi connectivity index (χ1v) is 10.4. The smallest absolute Gasteiger partial charge is 0.267 e. The zero-order chi connectivity index (χ0) is 21.1. The Kier molecular flexibility index (Phi) is 5.58. The highest BCUT2D eigenvalue weighted by atomic mass is 32.1. The molecular weight excluding hydrogens is 400 g/mol. The Morgan fingerprint density at radius 3 is 2.13 bits per heavy atom. The molecule has 0 radical (unpaired) electrons. The van der Waals surface area contributed by atoms with Crippen LogP contribution in [0, 0.1) is 0 Å². The van der Waals surface area contributed by atoms with Gasteiger partial charge >= 0.3 is 0 Å². The fourth-order valence-corrected chi connectivity index (χ4v) is 3.62. The molecule has 0 unspecified atom stereocenters. The second-order valence-electron chi connectivity index (χ2n) is 7.07. The normalized spacial score (nSPS) is 12.8. The van der Waals surface area contributed by atoms with Crippen molar-refractivity contribution in [3.05, 3.63) is 65.2 Å². The molecule has 3 amide bonds. The zero-order valence-electron chi connectivity index (χ0n) is 16.3. The van der Waals surface area contributed by atoms with Crippen LogP contribution in [0.1, 0.15) is 39.8 Å². The van der Waals surface area contributed by atoms with Crippen molar-refractivity contribution in [2.45, 2.75) is 25.8 Å². The summed E-state index contributed by atoms with van der Waals surface area (Å²) in [5.74, 6) is -0.472. The van der Waals surface area contributed by atoms with E-state index in [0.29, 0.717) is 32.9 Å². The lowest BCUT2D eigenvalue weighted by Gasteiger charge is -2.05. The van der Waals surface area contributed by atoms with Gasteiger partial charge in [-0.25, -0.2) is 4.98 Å². The number of hydrogen-bond acceptors (Lipinski definition) is 5. The Morgan fingerprint density at radius 1 is 0.900 bits per heavy atom. The molecule has 7 nitrogen and oxygen atoms in total.